The molecule has 1 aromatic carbocycles. The molecule has 0 aromatic heterocycles. The van der Waals surface area contributed by atoms with Crippen molar-refractivity contribution in [1.82, 2.24) is 0 Å². The molecule has 1 nitrogen and oxygen atoms in total. The van der Waals surface area contributed by atoms with Gasteiger partial charge in [-0.25, -0.2) is 0 Å². The summed E-state index contributed by atoms with van der Waals surface area (Å²) < 4.78 is 6.56. The molecule has 2 aliphatic rings. The van der Waals surface area contributed by atoms with E-state index in [0.717, 1.165) is 12.2 Å². The van der Waals surface area contributed by atoms with Crippen LogP contribution in [0.4, 0.5) is 0 Å². The van der Waals surface area contributed by atoms with Crippen LogP contribution in [-0.2, 0) is 5.41 Å². The summed E-state index contributed by atoms with van der Waals surface area (Å²) in [5.41, 5.74) is 4.54. The van der Waals surface area contributed by atoms with E-state index in [4.69, 9.17) is 4.74 Å². The molecule has 0 fully saturated rings. The number of fused-ring (bicyclic) bond motifs is 3. The Morgan fingerprint density at radius 1 is 1.20 bits per heavy atom. The van der Waals surface area contributed by atoms with Gasteiger partial charge >= 0.3 is 0 Å². The minimum atomic E-state index is -0.0835. The van der Waals surface area contributed by atoms with E-state index < -0.39 is 0 Å². The molecule has 2 unspecified atom stereocenters. The first-order valence-electron chi connectivity index (χ1n) is 10.2. The van der Waals surface area contributed by atoms with Crippen molar-refractivity contribution in [1.29, 1.82) is 0 Å². The lowest BCUT2D eigenvalue weighted by molar-refractivity contribution is 0.00837. The van der Waals surface area contributed by atoms with Gasteiger partial charge in [0.15, 0.2) is 0 Å². The summed E-state index contributed by atoms with van der Waals surface area (Å²) in [5, 5.41) is 0. The minimum Gasteiger partial charge on any atom is -0.487 e. The molecule has 1 heterocycles. The summed E-state index contributed by atoms with van der Waals surface area (Å²) in [6.07, 6.45) is 9.92. The largest absolute Gasteiger partial charge is 0.487 e. The first-order valence-corrected chi connectivity index (χ1v) is 10.2. The number of hydrogen-bond acceptors (Lipinski definition) is 1. The van der Waals surface area contributed by atoms with E-state index in [1.807, 2.05) is 0 Å². The van der Waals surface area contributed by atoms with Crippen molar-refractivity contribution < 1.29 is 4.74 Å². The van der Waals surface area contributed by atoms with Gasteiger partial charge in [-0.1, -0.05) is 63.8 Å². The Labute approximate surface area is 154 Å². The molecule has 0 spiro atoms. The maximum Gasteiger partial charge on any atom is 0.123 e. The average Bonchev–Trinajstić information content (AvgIpc) is 2.53. The van der Waals surface area contributed by atoms with Crippen molar-refractivity contribution in [2.45, 2.75) is 97.0 Å². The highest BCUT2D eigenvalue weighted by Gasteiger charge is 2.44. The number of benzene rings is 1. The van der Waals surface area contributed by atoms with Crippen LogP contribution in [0.15, 0.2) is 29.8 Å². The van der Waals surface area contributed by atoms with Crippen molar-refractivity contribution in [3.63, 3.8) is 0 Å². The van der Waals surface area contributed by atoms with E-state index in [1.54, 1.807) is 0 Å². The minimum absolute atomic E-state index is 0.0835. The third-order valence-corrected chi connectivity index (χ3v) is 6.61. The molecule has 138 valence electrons. The molecule has 1 aliphatic carbocycles. The fraction of sp³-hybridized carbons (Fsp3) is 0.667. The predicted octanol–water partition coefficient (Wildman–Crippen LogP) is 7.16. The Morgan fingerprint density at radius 2 is 1.96 bits per heavy atom. The van der Waals surface area contributed by atoms with Gasteiger partial charge in [0.25, 0.3) is 0 Å². The van der Waals surface area contributed by atoms with Gasteiger partial charge in [-0.3, -0.25) is 0 Å². The van der Waals surface area contributed by atoms with Crippen LogP contribution in [0.3, 0.4) is 0 Å². The van der Waals surface area contributed by atoms with Crippen LogP contribution in [0.1, 0.15) is 97.1 Å². The van der Waals surface area contributed by atoms with E-state index in [-0.39, 0.29) is 11.0 Å². The van der Waals surface area contributed by atoms with Crippen LogP contribution in [0.25, 0.3) is 0 Å². The Balaban J connectivity index is 1.91. The van der Waals surface area contributed by atoms with Crippen LogP contribution in [0, 0.1) is 5.92 Å². The number of hydrogen-bond donors (Lipinski definition) is 0. The van der Waals surface area contributed by atoms with Crippen molar-refractivity contribution in [3.8, 4) is 5.75 Å². The Hall–Kier alpha value is -1.24. The topological polar surface area (TPSA) is 9.23 Å². The molecule has 0 saturated carbocycles. The molecule has 1 heteroatoms. The lowest BCUT2D eigenvalue weighted by Gasteiger charge is -2.47. The second kappa shape index (κ2) is 6.82. The highest BCUT2D eigenvalue weighted by Crippen LogP contribution is 2.52. The van der Waals surface area contributed by atoms with E-state index in [0.29, 0.717) is 11.8 Å². The second-order valence-corrected chi connectivity index (χ2v) is 9.50. The molecule has 0 amide bonds. The molecule has 0 bridgehead atoms. The lowest BCUT2D eigenvalue weighted by Crippen LogP contribution is -2.45. The molecule has 1 aromatic rings. The van der Waals surface area contributed by atoms with Gasteiger partial charge in [-0.05, 0) is 68.6 Å². The van der Waals surface area contributed by atoms with Gasteiger partial charge in [0.1, 0.15) is 11.4 Å². The predicted molar refractivity (Wildman–Crippen MR) is 108 cm³/mol. The summed E-state index contributed by atoms with van der Waals surface area (Å²) in [6.45, 7) is 13.9. The average molecular weight is 341 g/mol. The van der Waals surface area contributed by atoms with Crippen LogP contribution in [0.5, 0.6) is 5.75 Å². The number of unbranched alkanes of at least 4 members (excludes halogenated alkanes) is 2. The van der Waals surface area contributed by atoms with Crippen LogP contribution in [0.2, 0.25) is 0 Å². The lowest BCUT2D eigenvalue weighted by atomic mass is 9.67. The van der Waals surface area contributed by atoms with Crippen molar-refractivity contribution >= 4 is 0 Å². The number of rotatable bonds is 5. The van der Waals surface area contributed by atoms with E-state index in [1.165, 1.54) is 48.8 Å². The fourth-order valence-corrected chi connectivity index (χ4v) is 4.83. The smallest absolute Gasteiger partial charge is 0.123 e. The van der Waals surface area contributed by atoms with E-state index >= 15 is 0 Å². The van der Waals surface area contributed by atoms with Gasteiger partial charge in [-0.2, -0.15) is 0 Å². The molecule has 2 atom stereocenters. The van der Waals surface area contributed by atoms with Crippen LogP contribution < -0.4 is 4.74 Å². The van der Waals surface area contributed by atoms with Gasteiger partial charge in [0.05, 0.1) is 0 Å². The summed E-state index contributed by atoms with van der Waals surface area (Å²) in [6, 6.07) is 7.10. The van der Waals surface area contributed by atoms with Gasteiger partial charge < -0.3 is 4.74 Å². The van der Waals surface area contributed by atoms with Gasteiger partial charge in [0, 0.05) is 5.92 Å². The first-order chi connectivity index (χ1) is 11.7. The van der Waals surface area contributed by atoms with Gasteiger partial charge in [0.2, 0.25) is 0 Å². The van der Waals surface area contributed by atoms with E-state index in [9.17, 15) is 0 Å². The van der Waals surface area contributed by atoms with Gasteiger partial charge in [-0.15, -0.1) is 0 Å². The quantitative estimate of drug-likeness (QED) is 0.408. The number of allylic oxidation sites excluding steroid dienone is 2. The Bertz CT molecular complexity index is 650. The first kappa shape index (κ1) is 18.5. The molecular weight excluding hydrogens is 304 g/mol. The van der Waals surface area contributed by atoms with Crippen LogP contribution in [-0.4, -0.2) is 5.60 Å². The normalized spacial score (nSPS) is 24.8. The zero-order valence-electron chi connectivity index (χ0n) is 17.1. The SMILES string of the molecule is CCCCCC(C)(C)c1ccc2c(c1)OC(C)(C)C1CC=C(C)CC21. The highest BCUT2D eigenvalue weighted by atomic mass is 16.5. The monoisotopic (exact) mass is 340 g/mol. The number of ether oxygens (including phenoxy) is 1. The van der Waals surface area contributed by atoms with Crippen molar-refractivity contribution in [2.75, 3.05) is 0 Å². The molecule has 0 saturated heterocycles. The summed E-state index contributed by atoms with van der Waals surface area (Å²) in [4.78, 5) is 0. The maximum absolute atomic E-state index is 6.56. The molecule has 25 heavy (non-hydrogen) atoms. The third kappa shape index (κ3) is 3.66. The zero-order valence-corrected chi connectivity index (χ0v) is 17.1. The Morgan fingerprint density at radius 3 is 2.68 bits per heavy atom. The van der Waals surface area contributed by atoms with Crippen molar-refractivity contribution in [2.24, 2.45) is 5.92 Å². The molecule has 1 aliphatic heterocycles. The highest BCUT2D eigenvalue weighted by molar-refractivity contribution is 5.46. The molecule has 0 N–H and O–H groups in total. The van der Waals surface area contributed by atoms with E-state index in [2.05, 4.69) is 65.8 Å². The summed E-state index contributed by atoms with van der Waals surface area (Å²) in [7, 11) is 0. The standard InChI is InChI=1S/C24H36O/c1-7-8-9-14-23(3,4)18-11-12-19-20-15-17(2)10-13-21(20)24(5,6)25-22(19)16-18/h10-12,16,20-21H,7-9,13-15H2,1-6H3. The summed E-state index contributed by atoms with van der Waals surface area (Å²) >= 11 is 0. The molecule has 0 radical (unpaired) electrons. The van der Waals surface area contributed by atoms with Crippen LogP contribution >= 0.6 is 0 Å². The second-order valence-electron chi connectivity index (χ2n) is 9.50. The Kier molecular flexibility index (Phi) is 5.06. The summed E-state index contributed by atoms with van der Waals surface area (Å²) in [5.74, 6) is 2.34. The fourth-order valence-electron chi connectivity index (χ4n) is 4.83. The third-order valence-electron chi connectivity index (χ3n) is 6.61. The molecular formula is C24H36O. The van der Waals surface area contributed by atoms with Crippen molar-refractivity contribution in [3.05, 3.63) is 41.0 Å². The zero-order chi connectivity index (χ0) is 18.2. The molecule has 3 rings (SSSR count). The maximum atomic E-state index is 6.56.